The smallest absolute Gasteiger partial charge is 0.274 e. The Morgan fingerprint density at radius 1 is 0.848 bits per heavy atom. The Labute approximate surface area is 192 Å². The predicted octanol–water partition coefficient (Wildman–Crippen LogP) is 6.00. The number of carbonyl (C=O) groups excluding carboxylic acids is 2. The van der Waals surface area contributed by atoms with Crippen molar-refractivity contribution < 1.29 is 9.59 Å². The van der Waals surface area contributed by atoms with Gasteiger partial charge < -0.3 is 15.6 Å². The highest BCUT2D eigenvalue weighted by molar-refractivity contribution is 6.04. The number of aromatic nitrogens is 2. The Bertz CT molecular complexity index is 1270. The summed E-state index contributed by atoms with van der Waals surface area (Å²) in [6, 6.07) is 21.0. The lowest BCUT2D eigenvalue weighted by Crippen LogP contribution is -2.24. The van der Waals surface area contributed by atoms with E-state index in [2.05, 4.69) is 26.7 Å². The molecular formula is C27H26N4O2. The molecule has 2 heterocycles. The average Bonchev–Trinajstić information content (AvgIpc) is 3.29. The highest BCUT2D eigenvalue weighted by atomic mass is 16.2. The second-order valence-electron chi connectivity index (χ2n) is 8.56. The molecule has 5 rings (SSSR count). The van der Waals surface area contributed by atoms with E-state index in [1.165, 1.54) is 6.42 Å². The number of H-pyrrole nitrogens is 1. The normalized spacial score (nSPS) is 14.2. The number of anilines is 2. The number of nitrogens with one attached hydrogen (secondary N) is 3. The Morgan fingerprint density at radius 3 is 2.39 bits per heavy atom. The van der Waals surface area contributed by atoms with Gasteiger partial charge in [-0.3, -0.25) is 14.6 Å². The molecule has 1 aliphatic rings. The summed E-state index contributed by atoms with van der Waals surface area (Å²) in [6.45, 7) is 0. The predicted molar refractivity (Wildman–Crippen MR) is 131 cm³/mol. The van der Waals surface area contributed by atoms with Crippen LogP contribution >= 0.6 is 0 Å². The number of hydrogen-bond donors (Lipinski definition) is 3. The maximum absolute atomic E-state index is 12.5. The van der Waals surface area contributed by atoms with Crippen LogP contribution in [0.4, 0.5) is 11.4 Å². The molecule has 4 aromatic rings. The minimum atomic E-state index is -0.239. The lowest BCUT2D eigenvalue weighted by molar-refractivity contribution is -0.120. The Kier molecular flexibility index (Phi) is 5.89. The van der Waals surface area contributed by atoms with Gasteiger partial charge in [-0.25, -0.2) is 0 Å². The second kappa shape index (κ2) is 9.28. The SMILES string of the molecule is O=C(Nc1ccc2[nH]c(-c3ccc(NC(=O)C4CCCCC4)cc3)cc2c1)c1ccccn1. The minimum Gasteiger partial charge on any atom is -0.355 e. The summed E-state index contributed by atoms with van der Waals surface area (Å²) in [7, 11) is 0. The van der Waals surface area contributed by atoms with Crippen LogP contribution in [0.25, 0.3) is 22.2 Å². The number of benzene rings is 2. The van der Waals surface area contributed by atoms with Crippen molar-refractivity contribution in [3.63, 3.8) is 0 Å². The van der Waals surface area contributed by atoms with Crippen molar-refractivity contribution in [3.8, 4) is 11.3 Å². The molecule has 1 fully saturated rings. The highest BCUT2D eigenvalue weighted by Gasteiger charge is 2.21. The summed E-state index contributed by atoms with van der Waals surface area (Å²) in [6.07, 6.45) is 7.11. The van der Waals surface area contributed by atoms with E-state index in [4.69, 9.17) is 0 Å². The van der Waals surface area contributed by atoms with Gasteiger partial charge in [-0.2, -0.15) is 0 Å². The van der Waals surface area contributed by atoms with Crippen molar-refractivity contribution in [2.75, 3.05) is 10.6 Å². The van der Waals surface area contributed by atoms with Crippen molar-refractivity contribution in [2.24, 2.45) is 5.92 Å². The number of carbonyl (C=O) groups is 2. The van der Waals surface area contributed by atoms with E-state index in [1.54, 1.807) is 24.4 Å². The molecule has 166 valence electrons. The van der Waals surface area contributed by atoms with E-state index in [9.17, 15) is 9.59 Å². The van der Waals surface area contributed by atoms with E-state index in [-0.39, 0.29) is 17.7 Å². The van der Waals surface area contributed by atoms with Crippen LogP contribution in [0.2, 0.25) is 0 Å². The van der Waals surface area contributed by atoms with Crippen LogP contribution in [-0.4, -0.2) is 21.8 Å². The first-order valence-corrected chi connectivity index (χ1v) is 11.4. The van der Waals surface area contributed by atoms with E-state index in [0.29, 0.717) is 11.4 Å². The van der Waals surface area contributed by atoms with Gasteiger partial charge in [-0.1, -0.05) is 37.5 Å². The van der Waals surface area contributed by atoms with Crippen LogP contribution in [-0.2, 0) is 4.79 Å². The number of rotatable bonds is 5. The zero-order chi connectivity index (χ0) is 22.6. The molecule has 0 unspecified atom stereocenters. The Hall–Kier alpha value is -3.93. The first-order chi connectivity index (χ1) is 16.2. The van der Waals surface area contributed by atoms with Crippen molar-refractivity contribution in [1.29, 1.82) is 0 Å². The molecule has 1 saturated carbocycles. The zero-order valence-electron chi connectivity index (χ0n) is 18.3. The maximum Gasteiger partial charge on any atom is 0.274 e. The van der Waals surface area contributed by atoms with Crippen molar-refractivity contribution in [2.45, 2.75) is 32.1 Å². The Balaban J connectivity index is 1.28. The van der Waals surface area contributed by atoms with Gasteiger partial charge in [0.1, 0.15) is 5.69 Å². The number of hydrogen-bond acceptors (Lipinski definition) is 3. The quantitative estimate of drug-likeness (QED) is 0.357. The lowest BCUT2D eigenvalue weighted by Gasteiger charge is -2.20. The summed E-state index contributed by atoms with van der Waals surface area (Å²) in [5.74, 6) is 0.0319. The average molecular weight is 439 g/mol. The Morgan fingerprint density at radius 2 is 1.64 bits per heavy atom. The van der Waals surface area contributed by atoms with E-state index < -0.39 is 0 Å². The molecule has 2 aromatic carbocycles. The molecule has 2 aromatic heterocycles. The van der Waals surface area contributed by atoms with Crippen LogP contribution in [0.3, 0.4) is 0 Å². The molecule has 6 heteroatoms. The number of aromatic amines is 1. The molecule has 3 N–H and O–H groups in total. The number of pyridine rings is 1. The molecule has 0 atom stereocenters. The maximum atomic E-state index is 12.5. The van der Waals surface area contributed by atoms with Crippen molar-refractivity contribution in [3.05, 3.63) is 78.6 Å². The molecule has 0 aliphatic heterocycles. The summed E-state index contributed by atoms with van der Waals surface area (Å²) in [5.41, 5.74) is 4.90. The third-order valence-corrected chi connectivity index (χ3v) is 6.22. The largest absolute Gasteiger partial charge is 0.355 e. The van der Waals surface area contributed by atoms with Gasteiger partial charge in [0.2, 0.25) is 5.91 Å². The third-order valence-electron chi connectivity index (χ3n) is 6.22. The van der Waals surface area contributed by atoms with Gasteiger partial charge in [-0.15, -0.1) is 0 Å². The van der Waals surface area contributed by atoms with Crippen LogP contribution in [0.1, 0.15) is 42.6 Å². The number of fused-ring (bicyclic) bond motifs is 1. The standard InChI is InChI=1S/C27H26N4O2/c32-26(19-6-2-1-3-7-19)29-21-11-9-18(10-12-21)25-17-20-16-22(13-14-23(20)31-25)30-27(33)24-8-4-5-15-28-24/h4-5,8-17,19,31H,1-3,6-7H2,(H,29,32)(H,30,33). The van der Waals surface area contributed by atoms with Crippen molar-refractivity contribution in [1.82, 2.24) is 9.97 Å². The summed E-state index contributed by atoms with van der Waals surface area (Å²) >= 11 is 0. The van der Waals surface area contributed by atoms with Gasteiger partial charge in [0.05, 0.1) is 0 Å². The van der Waals surface area contributed by atoms with Gasteiger partial charge in [-0.05, 0) is 66.9 Å². The summed E-state index contributed by atoms with van der Waals surface area (Å²) in [5, 5.41) is 6.96. The van der Waals surface area contributed by atoms with Crippen LogP contribution in [0, 0.1) is 5.92 Å². The van der Waals surface area contributed by atoms with Crippen molar-refractivity contribution >= 4 is 34.1 Å². The first kappa shape index (κ1) is 20.9. The van der Waals surface area contributed by atoms with E-state index in [1.807, 2.05) is 42.5 Å². The molecule has 0 saturated heterocycles. The van der Waals surface area contributed by atoms with Gasteiger partial charge in [0, 0.05) is 40.1 Å². The molecular weight excluding hydrogens is 412 g/mol. The monoisotopic (exact) mass is 438 g/mol. The third kappa shape index (κ3) is 4.80. The topological polar surface area (TPSA) is 86.9 Å². The molecule has 0 bridgehead atoms. The van der Waals surface area contributed by atoms with Crippen LogP contribution in [0.15, 0.2) is 72.9 Å². The van der Waals surface area contributed by atoms with E-state index >= 15 is 0 Å². The van der Waals surface area contributed by atoms with Crippen LogP contribution < -0.4 is 10.6 Å². The first-order valence-electron chi connectivity index (χ1n) is 11.4. The molecule has 33 heavy (non-hydrogen) atoms. The number of amides is 2. The molecule has 1 aliphatic carbocycles. The molecule has 0 radical (unpaired) electrons. The van der Waals surface area contributed by atoms with Crippen LogP contribution in [0.5, 0.6) is 0 Å². The fourth-order valence-electron chi connectivity index (χ4n) is 4.40. The molecule has 2 amide bonds. The van der Waals surface area contributed by atoms with Gasteiger partial charge >= 0.3 is 0 Å². The summed E-state index contributed by atoms with van der Waals surface area (Å²) < 4.78 is 0. The number of nitrogens with zero attached hydrogens (tertiary/aromatic N) is 1. The van der Waals surface area contributed by atoms with Gasteiger partial charge in [0.15, 0.2) is 0 Å². The second-order valence-corrected chi connectivity index (χ2v) is 8.56. The van der Waals surface area contributed by atoms with Gasteiger partial charge in [0.25, 0.3) is 5.91 Å². The fourth-order valence-corrected chi connectivity index (χ4v) is 4.40. The minimum absolute atomic E-state index is 0.133. The highest BCUT2D eigenvalue weighted by Crippen LogP contribution is 2.28. The fraction of sp³-hybridized carbons (Fsp3) is 0.222. The summed E-state index contributed by atoms with van der Waals surface area (Å²) in [4.78, 5) is 32.4. The van der Waals surface area contributed by atoms with E-state index in [0.717, 1.165) is 53.5 Å². The molecule has 0 spiro atoms. The molecule has 6 nitrogen and oxygen atoms in total. The lowest BCUT2D eigenvalue weighted by atomic mass is 9.88. The zero-order valence-corrected chi connectivity index (χ0v) is 18.3.